The van der Waals surface area contributed by atoms with E-state index in [-0.39, 0.29) is 0 Å². The average Bonchev–Trinajstić information content (AvgIpc) is 2.92. The zero-order chi connectivity index (χ0) is 12.7. The summed E-state index contributed by atoms with van der Waals surface area (Å²) in [5.74, 6) is 0.688. The highest BCUT2D eigenvalue weighted by Crippen LogP contribution is 2.46. The minimum atomic E-state index is 0.426. The van der Waals surface area contributed by atoms with Crippen molar-refractivity contribution in [2.45, 2.75) is 45.6 Å². The van der Waals surface area contributed by atoms with Crippen molar-refractivity contribution >= 4 is 27.8 Å². The van der Waals surface area contributed by atoms with Crippen molar-refractivity contribution in [3.63, 3.8) is 0 Å². The Morgan fingerprint density at radius 2 is 2.11 bits per heavy atom. The van der Waals surface area contributed by atoms with Crippen LogP contribution in [0.4, 0.5) is 5.13 Å². The highest BCUT2D eigenvalue weighted by atomic mass is 32.1. The number of hydrogen-bond acceptors (Lipinski definition) is 5. The van der Waals surface area contributed by atoms with Gasteiger partial charge in [0.2, 0.25) is 0 Å². The van der Waals surface area contributed by atoms with Gasteiger partial charge in [-0.25, -0.2) is 9.97 Å². The van der Waals surface area contributed by atoms with Crippen molar-refractivity contribution in [3.05, 3.63) is 16.1 Å². The van der Waals surface area contributed by atoms with E-state index in [1.54, 1.807) is 22.7 Å². The second kappa shape index (κ2) is 4.63. The van der Waals surface area contributed by atoms with Crippen molar-refractivity contribution in [2.24, 2.45) is 0 Å². The Morgan fingerprint density at radius 1 is 1.33 bits per heavy atom. The maximum Gasteiger partial charge on any atom is 0.183 e. The third kappa shape index (κ3) is 2.42. The van der Waals surface area contributed by atoms with Crippen LogP contribution in [0.5, 0.6) is 0 Å². The number of anilines is 1. The number of nitrogens with one attached hydrogen (secondary N) is 1. The smallest absolute Gasteiger partial charge is 0.183 e. The van der Waals surface area contributed by atoms with Gasteiger partial charge < -0.3 is 5.32 Å². The molecule has 1 aliphatic rings. The molecular weight excluding hydrogens is 262 g/mol. The molecule has 0 bridgehead atoms. The van der Waals surface area contributed by atoms with E-state index in [1.165, 1.54) is 23.4 Å². The molecule has 0 amide bonds. The fraction of sp³-hybridized carbons (Fsp3) is 0.538. The highest BCUT2D eigenvalue weighted by molar-refractivity contribution is 7.16. The number of nitrogens with zero attached hydrogens (tertiary/aromatic N) is 2. The molecule has 0 unspecified atom stereocenters. The molecule has 2 aromatic heterocycles. The van der Waals surface area contributed by atoms with Gasteiger partial charge >= 0.3 is 0 Å². The minimum Gasteiger partial charge on any atom is -0.359 e. The molecule has 0 radical (unpaired) electrons. The summed E-state index contributed by atoms with van der Waals surface area (Å²) in [5, 5.41) is 7.66. The normalized spacial score (nSPS) is 15.3. The topological polar surface area (TPSA) is 37.8 Å². The van der Waals surface area contributed by atoms with Crippen LogP contribution in [0.15, 0.2) is 5.38 Å². The first kappa shape index (κ1) is 12.1. The number of aromatic nitrogens is 2. The van der Waals surface area contributed by atoms with Gasteiger partial charge in [-0.3, -0.25) is 0 Å². The standard InChI is InChI=1S/C13H17N3S2/c1-7(2)14-13-16-10(6-17-13)12-11(9-4-5-9)15-8(3)18-12/h6-7,9H,4-5H2,1-3H3,(H,14,16). The Labute approximate surface area is 115 Å². The van der Waals surface area contributed by atoms with Crippen molar-refractivity contribution < 1.29 is 0 Å². The van der Waals surface area contributed by atoms with E-state index < -0.39 is 0 Å². The molecule has 5 heteroatoms. The van der Waals surface area contributed by atoms with Gasteiger partial charge in [-0.15, -0.1) is 22.7 Å². The molecule has 0 saturated heterocycles. The van der Waals surface area contributed by atoms with Crippen molar-refractivity contribution in [3.8, 4) is 10.6 Å². The van der Waals surface area contributed by atoms with Crippen LogP contribution in [-0.2, 0) is 0 Å². The summed E-state index contributed by atoms with van der Waals surface area (Å²) in [4.78, 5) is 10.6. The van der Waals surface area contributed by atoms with Crippen LogP contribution in [0.3, 0.4) is 0 Å². The first-order valence-electron chi connectivity index (χ1n) is 6.33. The SMILES string of the molecule is Cc1nc(C2CC2)c(-c2csc(NC(C)C)n2)s1. The first-order valence-corrected chi connectivity index (χ1v) is 8.03. The zero-order valence-corrected chi connectivity index (χ0v) is 12.5. The largest absolute Gasteiger partial charge is 0.359 e. The lowest BCUT2D eigenvalue weighted by atomic mass is 10.2. The molecule has 3 nitrogen and oxygen atoms in total. The van der Waals surface area contributed by atoms with Gasteiger partial charge in [-0.1, -0.05) is 0 Å². The Morgan fingerprint density at radius 3 is 2.78 bits per heavy atom. The summed E-state index contributed by atoms with van der Waals surface area (Å²) < 4.78 is 0. The van der Waals surface area contributed by atoms with Crippen LogP contribution in [-0.4, -0.2) is 16.0 Å². The Kier molecular flexibility index (Phi) is 3.11. The molecule has 1 aliphatic carbocycles. The summed E-state index contributed by atoms with van der Waals surface area (Å²) in [6, 6.07) is 0.426. The number of hydrogen-bond donors (Lipinski definition) is 1. The van der Waals surface area contributed by atoms with Gasteiger partial charge in [0.25, 0.3) is 0 Å². The van der Waals surface area contributed by atoms with Crippen LogP contribution in [0, 0.1) is 6.92 Å². The number of thiazole rings is 2. The fourth-order valence-electron chi connectivity index (χ4n) is 1.95. The molecule has 2 heterocycles. The van der Waals surface area contributed by atoms with Gasteiger partial charge in [0.1, 0.15) is 0 Å². The molecule has 1 saturated carbocycles. The first-order chi connectivity index (χ1) is 8.63. The van der Waals surface area contributed by atoms with E-state index in [1.807, 2.05) is 0 Å². The van der Waals surface area contributed by atoms with Crippen molar-refractivity contribution in [1.29, 1.82) is 0 Å². The second-order valence-corrected chi connectivity index (χ2v) is 7.12. The monoisotopic (exact) mass is 279 g/mol. The molecule has 1 fully saturated rings. The predicted molar refractivity (Wildman–Crippen MR) is 78.7 cm³/mol. The Hall–Kier alpha value is -0.940. The molecule has 0 aliphatic heterocycles. The molecule has 0 spiro atoms. The number of rotatable bonds is 4. The maximum atomic E-state index is 4.68. The lowest BCUT2D eigenvalue weighted by Crippen LogP contribution is -2.08. The highest BCUT2D eigenvalue weighted by Gasteiger charge is 2.30. The fourth-order valence-corrected chi connectivity index (χ4v) is 3.84. The van der Waals surface area contributed by atoms with Gasteiger partial charge in [0.05, 0.1) is 21.3 Å². The second-order valence-electron chi connectivity index (χ2n) is 5.06. The van der Waals surface area contributed by atoms with E-state index in [2.05, 4.69) is 41.4 Å². The van der Waals surface area contributed by atoms with Crippen molar-refractivity contribution in [2.75, 3.05) is 5.32 Å². The van der Waals surface area contributed by atoms with Crippen LogP contribution < -0.4 is 5.32 Å². The van der Waals surface area contributed by atoms with Crippen LogP contribution in [0.25, 0.3) is 10.6 Å². The van der Waals surface area contributed by atoms with Gasteiger partial charge in [0.15, 0.2) is 5.13 Å². The molecule has 1 N–H and O–H groups in total. The maximum absolute atomic E-state index is 4.68. The minimum absolute atomic E-state index is 0.426. The average molecular weight is 279 g/mol. The molecule has 0 atom stereocenters. The molecule has 18 heavy (non-hydrogen) atoms. The molecule has 3 rings (SSSR count). The summed E-state index contributed by atoms with van der Waals surface area (Å²) in [6.07, 6.45) is 2.58. The summed E-state index contributed by atoms with van der Waals surface area (Å²) in [5.41, 5.74) is 2.37. The zero-order valence-electron chi connectivity index (χ0n) is 10.9. The predicted octanol–water partition coefficient (Wildman–Crippen LogP) is 4.27. The van der Waals surface area contributed by atoms with E-state index in [4.69, 9.17) is 0 Å². The molecule has 0 aromatic carbocycles. The molecule has 2 aromatic rings. The van der Waals surface area contributed by atoms with Crippen LogP contribution in [0.1, 0.15) is 43.3 Å². The summed E-state index contributed by atoms with van der Waals surface area (Å²) in [6.45, 7) is 6.35. The van der Waals surface area contributed by atoms with Gasteiger partial charge in [-0.05, 0) is 33.6 Å². The van der Waals surface area contributed by atoms with Gasteiger partial charge in [0, 0.05) is 17.3 Å². The van der Waals surface area contributed by atoms with E-state index in [0.29, 0.717) is 12.0 Å². The number of aryl methyl sites for hydroxylation is 1. The lowest BCUT2D eigenvalue weighted by Gasteiger charge is -2.04. The molecule has 96 valence electrons. The Bertz CT molecular complexity index is 552. The van der Waals surface area contributed by atoms with E-state index >= 15 is 0 Å². The van der Waals surface area contributed by atoms with E-state index in [0.717, 1.165) is 15.8 Å². The van der Waals surface area contributed by atoms with Crippen LogP contribution >= 0.6 is 22.7 Å². The van der Waals surface area contributed by atoms with Crippen LogP contribution in [0.2, 0.25) is 0 Å². The summed E-state index contributed by atoms with van der Waals surface area (Å²) in [7, 11) is 0. The van der Waals surface area contributed by atoms with Gasteiger partial charge in [-0.2, -0.15) is 0 Å². The van der Waals surface area contributed by atoms with Crippen molar-refractivity contribution in [1.82, 2.24) is 9.97 Å². The quantitative estimate of drug-likeness (QED) is 0.908. The third-order valence-corrected chi connectivity index (χ3v) is 4.66. The summed E-state index contributed by atoms with van der Waals surface area (Å²) >= 11 is 3.45. The third-order valence-electron chi connectivity index (χ3n) is 2.87. The Balaban J connectivity index is 1.91. The lowest BCUT2D eigenvalue weighted by molar-refractivity contribution is 0.896. The van der Waals surface area contributed by atoms with E-state index in [9.17, 15) is 0 Å². The molecular formula is C13H17N3S2.